The summed E-state index contributed by atoms with van der Waals surface area (Å²) >= 11 is 0. The molecule has 4 heteroatoms. The lowest BCUT2D eigenvalue weighted by Gasteiger charge is -2.09. The number of rotatable bonds is 3. The molecule has 0 aromatic carbocycles. The summed E-state index contributed by atoms with van der Waals surface area (Å²) in [5.41, 5.74) is 0.0749. The Morgan fingerprint density at radius 1 is 1.42 bits per heavy atom. The molecule has 0 fully saturated rings. The maximum absolute atomic E-state index is 12.5. The van der Waals surface area contributed by atoms with Crippen molar-refractivity contribution in [1.29, 1.82) is 5.41 Å². The summed E-state index contributed by atoms with van der Waals surface area (Å²) in [6.07, 6.45) is 3.39. The van der Waals surface area contributed by atoms with E-state index in [1.807, 2.05) is 0 Å². The zero-order valence-corrected chi connectivity index (χ0v) is 7.07. The molecule has 0 bridgehead atoms. The normalized spacial score (nSPS) is 14.7. The summed E-state index contributed by atoms with van der Waals surface area (Å²) in [6, 6.07) is 0. The molecule has 0 saturated carbocycles. The lowest BCUT2D eigenvalue weighted by atomic mass is 9.96. The fourth-order valence-electron chi connectivity index (χ4n) is 0.416. The van der Waals surface area contributed by atoms with Crippen LogP contribution in [0.2, 0.25) is 0 Å². The Morgan fingerprint density at radius 3 is 2.25 bits per heavy atom. The number of alkyl halides is 2. The Kier molecular flexibility index (Phi) is 3.87. The molecule has 1 nitrogen and oxygen atoms in total. The van der Waals surface area contributed by atoms with Crippen LogP contribution in [0.3, 0.4) is 0 Å². The van der Waals surface area contributed by atoms with Gasteiger partial charge in [0, 0.05) is 13.1 Å². The number of hydrogen-bond donors (Lipinski definition) is 1. The van der Waals surface area contributed by atoms with Gasteiger partial charge in [0.2, 0.25) is 0 Å². The molecule has 0 heterocycles. The summed E-state index contributed by atoms with van der Waals surface area (Å²) in [6.45, 7) is 2.13. The Hall–Kier alpha value is -0.925. The zero-order chi connectivity index (χ0) is 9.78. The third-order valence-corrected chi connectivity index (χ3v) is 1.38. The molecule has 0 spiro atoms. The SMILES string of the molecule is [B]/C(C=N)=C/C=C(\C)C(C)(F)F. The second-order valence-electron chi connectivity index (χ2n) is 2.55. The van der Waals surface area contributed by atoms with Gasteiger partial charge in [-0.3, -0.25) is 0 Å². The van der Waals surface area contributed by atoms with Gasteiger partial charge in [-0.2, -0.15) is 0 Å². The van der Waals surface area contributed by atoms with Crippen molar-refractivity contribution in [1.82, 2.24) is 0 Å². The Labute approximate surface area is 72.1 Å². The van der Waals surface area contributed by atoms with E-state index in [2.05, 4.69) is 0 Å². The zero-order valence-electron chi connectivity index (χ0n) is 7.07. The molecule has 0 aliphatic heterocycles. The van der Waals surface area contributed by atoms with Gasteiger partial charge in [0.1, 0.15) is 7.85 Å². The molecule has 0 unspecified atom stereocenters. The van der Waals surface area contributed by atoms with Crippen LogP contribution in [0.25, 0.3) is 0 Å². The highest BCUT2D eigenvalue weighted by Gasteiger charge is 2.22. The first-order valence-electron chi connectivity index (χ1n) is 3.40. The smallest absolute Gasteiger partial charge is 0.266 e. The molecule has 2 radical (unpaired) electrons. The third-order valence-electron chi connectivity index (χ3n) is 1.38. The monoisotopic (exact) mass is 169 g/mol. The average molecular weight is 169 g/mol. The number of halogens is 2. The first-order valence-corrected chi connectivity index (χ1v) is 3.40. The van der Waals surface area contributed by atoms with Crippen molar-refractivity contribution >= 4 is 14.1 Å². The molecule has 0 aliphatic carbocycles. The van der Waals surface area contributed by atoms with Crippen molar-refractivity contribution in [2.24, 2.45) is 0 Å². The lowest BCUT2D eigenvalue weighted by molar-refractivity contribution is 0.0635. The first kappa shape index (κ1) is 11.1. The van der Waals surface area contributed by atoms with E-state index in [4.69, 9.17) is 13.3 Å². The highest BCUT2D eigenvalue weighted by molar-refractivity contribution is 6.32. The maximum atomic E-state index is 12.5. The molecular formula is C8H10BF2N. The van der Waals surface area contributed by atoms with Crippen LogP contribution < -0.4 is 0 Å². The highest BCUT2D eigenvalue weighted by Crippen LogP contribution is 2.22. The van der Waals surface area contributed by atoms with Crippen LogP contribution in [0.4, 0.5) is 8.78 Å². The van der Waals surface area contributed by atoms with Crippen LogP contribution >= 0.6 is 0 Å². The Balaban J connectivity index is 4.49. The van der Waals surface area contributed by atoms with E-state index in [0.717, 1.165) is 13.1 Å². The molecule has 0 amide bonds. The standard InChI is InChI=1S/C8H10BF2N/c1-6(8(2,10)11)3-4-7(9)5-12/h3-5,12H,1-2H3/b6-3+,7-4+,12-5?. The van der Waals surface area contributed by atoms with Gasteiger partial charge < -0.3 is 5.41 Å². The van der Waals surface area contributed by atoms with Crippen LogP contribution in [-0.4, -0.2) is 20.0 Å². The van der Waals surface area contributed by atoms with Gasteiger partial charge in [0.25, 0.3) is 5.92 Å². The molecule has 12 heavy (non-hydrogen) atoms. The summed E-state index contributed by atoms with van der Waals surface area (Å²) in [5.74, 6) is -2.82. The van der Waals surface area contributed by atoms with Gasteiger partial charge in [-0.05, 0) is 12.5 Å². The Morgan fingerprint density at radius 2 is 1.92 bits per heavy atom. The van der Waals surface area contributed by atoms with Crippen LogP contribution in [-0.2, 0) is 0 Å². The highest BCUT2D eigenvalue weighted by atomic mass is 19.3. The summed E-state index contributed by atoms with van der Waals surface area (Å²) < 4.78 is 24.9. The quantitative estimate of drug-likeness (QED) is 0.380. The summed E-state index contributed by atoms with van der Waals surface area (Å²) in [5, 5.41) is 6.67. The maximum Gasteiger partial charge on any atom is 0.266 e. The van der Waals surface area contributed by atoms with Crippen LogP contribution in [0.15, 0.2) is 23.2 Å². The van der Waals surface area contributed by atoms with E-state index in [1.165, 1.54) is 19.1 Å². The fraction of sp³-hybridized carbons (Fsp3) is 0.375. The van der Waals surface area contributed by atoms with E-state index in [0.29, 0.717) is 0 Å². The first-order chi connectivity index (χ1) is 5.38. The minimum atomic E-state index is -2.82. The molecule has 0 aromatic rings. The van der Waals surface area contributed by atoms with Gasteiger partial charge >= 0.3 is 0 Å². The van der Waals surface area contributed by atoms with Gasteiger partial charge in [-0.25, -0.2) is 8.78 Å². The molecule has 0 atom stereocenters. The van der Waals surface area contributed by atoms with Crippen molar-refractivity contribution in [2.45, 2.75) is 19.8 Å². The van der Waals surface area contributed by atoms with Crippen molar-refractivity contribution in [3.63, 3.8) is 0 Å². The van der Waals surface area contributed by atoms with E-state index in [1.54, 1.807) is 0 Å². The Bertz CT molecular complexity index is 226. The van der Waals surface area contributed by atoms with E-state index >= 15 is 0 Å². The minimum Gasteiger partial charge on any atom is -0.309 e. The number of hydrogen-bond acceptors (Lipinski definition) is 1. The minimum absolute atomic E-state index is 0.0766. The third kappa shape index (κ3) is 4.06. The van der Waals surface area contributed by atoms with Gasteiger partial charge in [-0.15, -0.1) is 0 Å². The molecule has 1 N–H and O–H groups in total. The molecule has 0 aliphatic rings. The van der Waals surface area contributed by atoms with Crippen molar-refractivity contribution < 1.29 is 8.78 Å². The van der Waals surface area contributed by atoms with Crippen LogP contribution in [0.1, 0.15) is 13.8 Å². The van der Waals surface area contributed by atoms with E-state index in [-0.39, 0.29) is 11.0 Å². The van der Waals surface area contributed by atoms with Crippen LogP contribution in [0, 0.1) is 5.41 Å². The topological polar surface area (TPSA) is 23.9 Å². The molecule has 0 saturated heterocycles. The molecule has 64 valence electrons. The molecule has 0 aromatic heterocycles. The fourth-order valence-corrected chi connectivity index (χ4v) is 0.416. The molecule has 0 rings (SSSR count). The predicted molar refractivity (Wildman–Crippen MR) is 47.0 cm³/mol. The largest absolute Gasteiger partial charge is 0.309 e. The van der Waals surface area contributed by atoms with Crippen molar-refractivity contribution in [2.75, 3.05) is 0 Å². The predicted octanol–water partition coefficient (Wildman–Crippen LogP) is 2.29. The van der Waals surface area contributed by atoms with Gasteiger partial charge in [0.15, 0.2) is 0 Å². The second kappa shape index (κ2) is 4.19. The number of allylic oxidation sites excluding steroid dienone is 4. The van der Waals surface area contributed by atoms with Gasteiger partial charge in [0.05, 0.1) is 0 Å². The average Bonchev–Trinajstić information content (AvgIpc) is 1.97. The van der Waals surface area contributed by atoms with Gasteiger partial charge in [-0.1, -0.05) is 17.6 Å². The number of nitrogens with one attached hydrogen (secondary N) is 1. The summed E-state index contributed by atoms with van der Waals surface area (Å²) in [4.78, 5) is 0. The summed E-state index contributed by atoms with van der Waals surface area (Å²) in [7, 11) is 5.19. The van der Waals surface area contributed by atoms with Crippen molar-refractivity contribution in [3.8, 4) is 0 Å². The lowest BCUT2D eigenvalue weighted by Crippen LogP contribution is -2.10. The second-order valence-corrected chi connectivity index (χ2v) is 2.55. The van der Waals surface area contributed by atoms with Crippen molar-refractivity contribution in [3.05, 3.63) is 23.2 Å². The van der Waals surface area contributed by atoms with E-state index in [9.17, 15) is 8.78 Å². The van der Waals surface area contributed by atoms with Crippen LogP contribution in [0.5, 0.6) is 0 Å². The van der Waals surface area contributed by atoms with E-state index < -0.39 is 5.92 Å². The molecular weight excluding hydrogens is 159 g/mol.